The molecule has 0 unspecified atom stereocenters. The summed E-state index contributed by atoms with van der Waals surface area (Å²) in [6.07, 6.45) is 13.8. The average molecular weight is 282 g/mol. The smallest absolute Gasteiger partial charge is 0.331 e. The molecule has 20 heavy (non-hydrogen) atoms. The quantitative estimate of drug-likeness (QED) is 0.246. The second kappa shape index (κ2) is 7.79. The first-order chi connectivity index (χ1) is 9.77. The van der Waals surface area contributed by atoms with E-state index in [1.54, 1.807) is 6.08 Å². The molecule has 0 bridgehead atoms. The number of carbonyl (C=O) groups is 1. The van der Waals surface area contributed by atoms with E-state index in [9.17, 15) is 4.79 Å². The van der Waals surface area contributed by atoms with Gasteiger partial charge < -0.3 is 4.74 Å². The normalized spacial score (nSPS) is 23.2. The highest BCUT2D eigenvalue weighted by molar-refractivity contribution is 5.82. The molecule has 4 heteroatoms. The van der Waals surface area contributed by atoms with Gasteiger partial charge in [-0.05, 0) is 50.5 Å². The van der Waals surface area contributed by atoms with Gasteiger partial charge in [0, 0.05) is 6.08 Å². The summed E-state index contributed by atoms with van der Waals surface area (Å²) in [4.78, 5) is 21.2. The Bertz CT molecular complexity index is 325. The Morgan fingerprint density at radius 2 is 1.85 bits per heavy atom. The van der Waals surface area contributed by atoms with Gasteiger partial charge in [-0.15, -0.1) is 0 Å². The van der Waals surface area contributed by atoms with Crippen LogP contribution in [-0.2, 0) is 19.3 Å². The molecule has 0 amide bonds. The predicted molar refractivity (Wildman–Crippen MR) is 76.0 cm³/mol. The SMILES string of the molecule is COOC/C=C\C(=O)OC1(C2CCCC2)CCCCC1. The Hall–Kier alpha value is -0.870. The van der Waals surface area contributed by atoms with Crippen molar-refractivity contribution in [2.24, 2.45) is 5.92 Å². The van der Waals surface area contributed by atoms with Gasteiger partial charge in [-0.1, -0.05) is 19.3 Å². The topological polar surface area (TPSA) is 44.8 Å². The lowest BCUT2D eigenvalue weighted by molar-refractivity contribution is -0.263. The first-order valence-electron chi connectivity index (χ1n) is 7.82. The predicted octanol–water partition coefficient (Wildman–Crippen LogP) is 3.56. The van der Waals surface area contributed by atoms with Crippen molar-refractivity contribution >= 4 is 5.97 Å². The maximum atomic E-state index is 12.0. The van der Waals surface area contributed by atoms with Gasteiger partial charge in [0.1, 0.15) is 12.2 Å². The summed E-state index contributed by atoms with van der Waals surface area (Å²) in [5.41, 5.74) is -0.196. The molecule has 0 N–H and O–H groups in total. The molecule has 114 valence electrons. The maximum absolute atomic E-state index is 12.0. The summed E-state index contributed by atoms with van der Waals surface area (Å²) in [7, 11) is 1.45. The summed E-state index contributed by atoms with van der Waals surface area (Å²) in [5, 5.41) is 0. The van der Waals surface area contributed by atoms with Crippen LogP contribution in [-0.4, -0.2) is 25.3 Å². The van der Waals surface area contributed by atoms with Crippen molar-refractivity contribution in [3.8, 4) is 0 Å². The second-order valence-corrected chi connectivity index (χ2v) is 5.88. The number of hydrogen-bond acceptors (Lipinski definition) is 4. The molecule has 0 aliphatic heterocycles. The molecule has 2 saturated carbocycles. The second-order valence-electron chi connectivity index (χ2n) is 5.88. The largest absolute Gasteiger partial charge is 0.456 e. The van der Waals surface area contributed by atoms with Crippen molar-refractivity contribution in [1.29, 1.82) is 0 Å². The van der Waals surface area contributed by atoms with Crippen LogP contribution >= 0.6 is 0 Å². The number of ether oxygens (including phenoxy) is 1. The average Bonchev–Trinajstić information content (AvgIpc) is 2.99. The van der Waals surface area contributed by atoms with Crippen LogP contribution in [0.2, 0.25) is 0 Å². The zero-order chi connectivity index (χ0) is 14.3. The van der Waals surface area contributed by atoms with E-state index in [0.717, 1.165) is 12.8 Å². The molecule has 2 aliphatic rings. The third kappa shape index (κ3) is 4.06. The van der Waals surface area contributed by atoms with Crippen molar-refractivity contribution in [2.75, 3.05) is 13.7 Å². The molecule has 0 saturated heterocycles. The van der Waals surface area contributed by atoms with Crippen LogP contribution in [0.4, 0.5) is 0 Å². The Balaban J connectivity index is 1.93. The molecular weight excluding hydrogens is 256 g/mol. The van der Waals surface area contributed by atoms with Gasteiger partial charge in [0.2, 0.25) is 0 Å². The van der Waals surface area contributed by atoms with Crippen LogP contribution in [0, 0.1) is 5.92 Å². The van der Waals surface area contributed by atoms with Crippen LogP contribution in [0.25, 0.3) is 0 Å². The van der Waals surface area contributed by atoms with Crippen molar-refractivity contribution in [1.82, 2.24) is 0 Å². The Morgan fingerprint density at radius 3 is 2.50 bits per heavy atom. The summed E-state index contributed by atoms with van der Waals surface area (Å²) >= 11 is 0. The molecule has 2 rings (SSSR count). The van der Waals surface area contributed by atoms with Crippen molar-refractivity contribution in [3.05, 3.63) is 12.2 Å². The molecule has 0 aromatic heterocycles. The van der Waals surface area contributed by atoms with E-state index in [4.69, 9.17) is 9.62 Å². The van der Waals surface area contributed by atoms with E-state index in [0.29, 0.717) is 5.92 Å². The van der Waals surface area contributed by atoms with Gasteiger partial charge in [-0.2, -0.15) is 0 Å². The number of hydrogen-bond donors (Lipinski definition) is 0. The fraction of sp³-hybridized carbons (Fsp3) is 0.812. The van der Waals surface area contributed by atoms with Crippen molar-refractivity contribution < 1.29 is 19.3 Å². The number of rotatable bonds is 6. The van der Waals surface area contributed by atoms with Crippen molar-refractivity contribution in [3.63, 3.8) is 0 Å². The van der Waals surface area contributed by atoms with Crippen molar-refractivity contribution in [2.45, 2.75) is 63.4 Å². The van der Waals surface area contributed by atoms with E-state index < -0.39 is 0 Å². The van der Waals surface area contributed by atoms with Crippen LogP contribution in [0.3, 0.4) is 0 Å². The van der Waals surface area contributed by atoms with E-state index >= 15 is 0 Å². The minimum Gasteiger partial charge on any atom is -0.456 e. The molecule has 0 aromatic rings. The molecule has 2 fully saturated rings. The van der Waals surface area contributed by atoms with Gasteiger partial charge in [-0.3, -0.25) is 0 Å². The standard InChI is InChI=1S/C16H26O4/c1-18-19-13-7-10-15(17)20-16(11-5-2-6-12-16)14-8-3-4-9-14/h7,10,14H,2-6,8-9,11-13H2,1H3/b10-7-. The highest BCUT2D eigenvalue weighted by atomic mass is 17.2. The Labute approximate surface area is 121 Å². The highest BCUT2D eigenvalue weighted by Crippen LogP contribution is 2.45. The minimum absolute atomic E-state index is 0.196. The number of carbonyl (C=O) groups excluding carboxylic acids is 1. The molecule has 0 heterocycles. The maximum Gasteiger partial charge on any atom is 0.331 e. The first-order valence-corrected chi connectivity index (χ1v) is 7.82. The number of esters is 1. The molecule has 0 aromatic carbocycles. The van der Waals surface area contributed by atoms with Gasteiger partial charge >= 0.3 is 5.97 Å². The van der Waals surface area contributed by atoms with E-state index in [-0.39, 0.29) is 18.2 Å². The minimum atomic E-state index is -0.237. The lowest BCUT2D eigenvalue weighted by atomic mass is 9.74. The van der Waals surface area contributed by atoms with Crippen LogP contribution < -0.4 is 0 Å². The van der Waals surface area contributed by atoms with Gasteiger partial charge in [0.05, 0.1) is 7.11 Å². The van der Waals surface area contributed by atoms with E-state index in [2.05, 4.69) is 4.89 Å². The zero-order valence-electron chi connectivity index (χ0n) is 12.4. The van der Waals surface area contributed by atoms with Gasteiger partial charge in [-0.25, -0.2) is 14.6 Å². The van der Waals surface area contributed by atoms with Crippen LogP contribution in [0.1, 0.15) is 57.8 Å². The molecule has 0 radical (unpaired) electrons. The van der Waals surface area contributed by atoms with E-state index in [1.165, 1.54) is 58.1 Å². The van der Waals surface area contributed by atoms with Crippen LogP contribution in [0.15, 0.2) is 12.2 Å². The van der Waals surface area contributed by atoms with Crippen LogP contribution in [0.5, 0.6) is 0 Å². The summed E-state index contributed by atoms with van der Waals surface area (Å²) in [6, 6.07) is 0. The fourth-order valence-corrected chi connectivity index (χ4v) is 3.68. The van der Waals surface area contributed by atoms with Gasteiger partial charge in [0.25, 0.3) is 0 Å². The molecular formula is C16H26O4. The third-order valence-corrected chi connectivity index (χ3v) is 4.64. The molecule has 0 atom stereocenters. The first kappa shape index (κ1) is 15.5. The van der Waals surface area contributed by atoms with Gasteiger partial charge in [0.15, 0.2) is 0 Å². The Morgan fingerprint density at radius 1 is 1.15 bits per heavy atom. The fourth-order valence-electron chi connectivity index (χ4n) is 3.68. The summed E-state index contributed by atoms with van der Waals surface area (Å²) in [6.45, 7) is 0.266. The lowest BCUT2D eigenvalue weighted by Crippen LogP contribution is -2.43. The lowest BCUT2D eigenvalue weighted by Gasteiger charge is -2.41. The summed E-state index contributed by atoms with van der Waals surface area (Å²) in [5.74, 6) is 0.328. The highest BCUT2D eigenvalue weighted by Gasteiger charge is 2.43. The molecule has 0 spiro atoms. The zero-order valence-corrected chi connectivity index (χ0v) is 12.4. The van der Waals surface area contributed by atoms with E-state index in [1.807, 2.05) is 0 Å². The molecule has 2 aliphatic carbocycles. The molecule has 4 nitrogen and oxygen atoms in total. The summed E-state index contributed by atoms with van der Waals surface area (Å²) < 4.78 is 5.92. The Kier molecular flexibility index (Phi) is 6.05. The third-order valence-electron chi connectivity index (χ3n) is 4.64. The monoisotopic (exact) mass is 282 g/mol.